The van der Waals surface area contributed by atoms with Gasteiger partial charge in [-0.2, -0.15) is 4.31 Å². The molecule has 7 rings (SSSR count). The first kappa shape index (κ1) is 29.3. The number of carbonyl (C=O) groups is 1. The molecule has 2 aliphatic heterocycles. The molecule has 44 heavy (non-hydrogen) atoms. The molecule has 7 nitrogen and oxygen atoms in total. The van der Waals surface area contributed by atoms with E-state index in [9.17, 15) is 13.2 Å². The summed E-state index contributed by atoms with van der Waals surface area (Å²) in [4.78, 5) is 22.5. The number of nitrogens with one attached hydrogen (secondary N) is 1. The van der Waals surface area contributed by atoms with Gasteiger partial charge in [-0.25, -0.2) is 13.4 Å². The number of sulfonamides is 1. The molecule has 2 aliphatic rings. The summed E-state index contributed by atoms with van der Waals surface area (Å²) in [7, 11) is -3.59. The Labute approximate surface area is 266 Å². The number of para-hydroxylation sites is 1. The number of thiazole rings is 1. The zero-order valence-electron chi connectivity index (χ0n) is 24.5. The van der Waals surface area contributed by atoms with Crippen molar-refractivity contribution in [1.82, 2.24) is 14.2 Å². The molecule has 5 aromatic rings. The SMILES string of the molecule is CC1CCCN(S(=O)(=O)c2ccc(C(=O)Nc3sc4c(c3-c3nc5ccccc5s3)CCN(Cc3ccccc3)C4)cc2)C1. The maximum Gasteiger partial charge on any atom is 0.256 e. The lowest BCUT2D eigenvalue weighted by Crippen LogP contribution is -2.39. The van der Waals surface area contributed by atoms with Gasteiger partial charge in [-0.3, -0.25) is 9.69 Å². The largest absolute Gasteiger partial charge is 0.313 e. The fraction of sp³-hybridized carbons (Fsp3) is 0.294. The summed E-state index contributed by atoms with van der Waals surface area (Å²) in [6, 6.07) is 25.0. The average Bonchev–Trinajstić information content (AvgIpc) is 3.62. The molecule has 1 fully saturated rings. The van der Waals surface area contributed by atoms with Gasteiger partial charge in [0.05, 0.1) is 15.1 Å². The van der Waals surface area contributed by atoms with E-state index in [1.165, 1.54) is 16.0 Å². The van der Waals surface area contributed by atoms with Gasteiger partial charge in [0.15, 0.2) is 0 Å². The monoisotopic (exact) mass is 642 g/mol. The Balaban J connectivity index is 1.17. The van der Waals surface area contributed by atoms with Gasteiger partial charge in [0.1, 0.15) is 10.0 Å². The summed E-state index contributed by atoms with van der Waals surface area (Å²) in [6.45, 7) is 5.77. The normalized spacial score (nSPS) is 17.9. The van der Waals surface area contributed by atoms with Crippen LogP contribution in [0.15, 0.2) is 83.8 Å². The van der Waals surface area contributed by atoms with E-state index in [1.54, 1.807) is 51.2 Å². The van der Waals surface area contributed by atoms with Crippen molar-refractivity contribution in [2.75, 3.05) is 25.0 Å². The second-order valence-corrected chi connectivity index (χ2v) is 15.8. The third-order valence-corrected chi connectivity index (χ3v) is 12.6. The van der Waals surface area contributed by atoms with Crippen LogP contribution in [-0.4, -0.2) is 48.1 Å². The molecule has 0 saturated carbocycles. The molecule has 2 aromatic heterocycles. The summed E-state index contributed by atoms with van der Waals surface area (Å²) in [5.41, 5.74) is 4.92. The standard InChI is InChI=1S/C34H34N4O3S3/c1-23-8-7-18-38(20-23)44(40,41)26-15-13-25(14-16-26)32(39)36-34-31(33-35-28-11-5-6-12-29(28)42-33)27-17-19-37(22-30(27)43-34)21-24-9-3-2-4-10-24/h2-6,9-16,23H,7-8,17-22H2,1H3,(H,36,39). The number of anilines is 1. The maximum atomic E-state index is 13.6. The Hall–Kier alpha value is -3.41. The summed E-state index contributed by atoms with van der Waals surface area (Å²) >= 11 is 3.27. The second-order valence-electron chi connectivity index (χ2n) is 11.7. The Morgan fingerprint density at radius 2 is 1.75 bits per heavy atom. The smallest absolute Gasteiger partial charge is 0.256 e. The van der Waals surface area contributed by atoms with E-state index < -0.39 is 10.0 Å². The van der Waals surface area contributed by atoms with Crippen LogP contribution in [0.5, 0.6) is 0 Å². The molecule has 1 amide bonds. The number of aromatic nitrogens is 1. The molecular weight excluding hydrogens is 609 g/mol. The minimum Gasteiger partial charge on any atom is -0.313 e. The van der Waals surface area contributed by atoms with Crippen LogP contribution in [0.3, 0.4) is 0 Å². The lowest BCUT2D eigenvalue weighted by molar-refractivity contribution is 0.102. The summed E-state index contributed by atoms with van der Waals surface area (Å²) in [6.07, 6.45) is 2.79. The van der Waals surface area contributed by atoms with Crippen molar-refractivity contribution in [3.05, 3.63) is 100 Å². The van der Waals surface area contributed by atoms with Crippen LogP contribution in [0, 0.1) is 5.92 Å². The lowest BCUT2D eigenvalue weighted by atomic mass is 10.0. The maximum absolute atomic E-state index is 13.6. The predicted molar refractivity (Wildman–Crippen MR) is 179 cm³/mol. The zero-order valence-corrected chi connectivity index (χ0v) is 27.0. The highest BCUT2D eigenvalue weighted by molar-refractivity contribution is 7.89. The third-order valence-electron chi connectivity index (χ3n) is 8.49. The fourth-order valence-electron chi connectivity index (χ4n) is 6.19. The molecule has 0 aliphatic carbocycles. The number of fused-ring (bicyclic) bond motifs is 2. The fourth-order valence-corrected chi connectivity index (χ4v) is 10.2. The van der Waals surface area contributed by atoms with Gasteiger partial charge in [-0.1, -0.05) is 49.4 Å². The first-order chi connectivity index (χ1) is 21.3. The van der Waals surface area contributed by atoms with Crippen LogP contribution in [-0.2, 0) is 29.5 Å². The molecule has 1 saturated heterocycles. The van der Waals surface area contributed by atoms with Gasteiger partial charge in [0.25, 0.3) is 5.91 Å². The number of thiophene rings is 1. The van der Waals surface area contributed by atoms with E-state index in [1.807, 2.05) is 24.3 Å². The number of hydrogen-bond donors (Lipinski definition) is 1. The molecule has 0 radical (unpaired) electrons. The van der Waals surface area contributed by atoms with Gasteiger partial charge >= 0.3 is 0 Å². The molecule has 10 heteroatoms. The van der Waals surface area contributed by atoms with Crippen molar-refractivity contribution in [3.63, 3.8) is 0 Å². The molecule has 1 N–H and O–H groups in total. The molecule has 226 valence electrons. The molecule has 3 aromatic carbocycles. The summed E-state index contributed by atoms with van der Waals surface area (Å²) in [5.74, 6) is 0.0814. The molecular formula is C34H34N4O3S3. The van der Waals surface area contributed by atoms with Crippen molar-refractivity contribution in [1.29, 1.82) is 0 Å². The van der Waals surface area contributed by atoms with Gasteiger partial charge < -0.3 is 5.32 Å². The van der Waals surface area contributed by atoms with Crippen LogP contribution < -0.4 is 5.32 Å². The topological polar surface area (TPSA) is 82.6 Å². The van der Waals surface area contributed by atoms with E-state index in [0.29, 0.717) is 24.6 Å². The van der Waals surface area contributed by atoms with Gasteiger partial charge in [-0.15, -0.1) is 22.7 Å². The second kappa shape index (κ2) is 12.2. The number of rotatable bonds is 7. The van der Waals surface area contributed by atoms with Crippen LogP contribution in [0.1, 0.15) is 46.1 Å². The Morgan fingerprint density at radius 1 is 0.977 bits per heavy atom. The van der Waals surface area contributed by atoms with Crippen molar-refractivity contribution in [3.8, 4) is 10.6 Å². The Kier molecular flexibility index (Phi) is 8.11. The lowest BCUT2D eigenvalue weighted by Gasteiger charge is -2.30. The quantitative estimate of drug-likeness (QED) is 0.202. The minimum atomic E-state index is -3.59. The van der Waals surface area contributed by atoms with E-state index in [2.05, 4.69) is 47.5 Å². The van der Waals surface area contributed by atoms with Gasteiger partial charge in [0, 0.05) is 48.7 Å². The predicted octanol–water partition coefficient (Wildman–Crippen LogP) is 7.26. The highest BCUT2D eigenvalue weighted by Gasteiger charge is 2.30. The van der Waals surface area contributed by atoms with Crippen molar-refractivity contribution in [2.45, 2.75) is 44.2 Å². The molecule has 4 heterocycles. The minimum absolute atomic E-state index is 0.225. The Bertz CT molecular complexity index is 1880. The van der Waals surface area contributed by atoms with Crippen molar-refractivity contribution in [2.24, 2.45) is 5.92 Å². The number of nitrogens with zero attached hydrogens (tertiary/aromatic N) is 3. The zero-order chi connectivity index (χ0) is 30.3. The first-order valence-electron chi connectivity index (χ1n) is 15.0. The number of carbonyl (C=O) groups excluding carboxylic acids is 1. The van der Waals surface area contributed by atoms with Crippen LogP contribution in [0.25, 0.3) is 20.8 Å². The van der Waals surface area contributed by atoms with Crippen LogP contribution >= 0.6 is 22.7 Å². The van der Waals surface area contributed by atoms with Gasteiger partial charge in [0.2, 0.25) is 10.0 Å². The highest BCUT2D eigenvalue weighted by atomic mass is 32.2. The summed E-state index contributed by atoms with van der Waals surface area (Å²) in [5, 5.41) is 4.89. The molecule has 1 atom stereocenters. The van der Waals surface area contributed by atoms with E-state index in [0.717, 1.165) is 64.7 Å². The average molecular weight is 643 g/mol. The van der Waals surface area contributed by atoms with Crippen molar-refractivity contribution < 1.29 is 13.2 Å². The molecule has 0 spiro atoms. The van der Waals surface area contributed by atoms with Crippen LogP contribution in [0.2, 0.25) is 0 Å². The van der Waals surface area contributed by atoms with E-state index >= 15 is 0 Å². The molecule has 0 bridgehead atoms. The number of piperidine rings is 1. The van der Waals surface area contributed by atoms with E-state index in [4.69, 9.17) is 4.98 Å². The van der Waals surface area contributed by atoms with E-state index in [-0.39, 0.29) is 10.8 Å². The Morgan fingerprint density at radius 3 is 2.52 bits per heavy atom. The number of hydrogen-bond acceptors (Lipinski definition) is 7. The van der Waals surface area contributed by atoms with Crippen LogP contribution in [0.4, 0.5) is 5.00 Å². The highest BCUT2D eigenvalue weighted by Crippen LogP contribution is 2.46. The summed E-state index contributed by atoms with van der Waals surface area (Å²) < 4.78 is 29.2. The third kappa shape index (κ3) is 5.84. The number of amides is 1. The van der Waals surface area contributed by atoms with Crippen molar-refractivity contribution >= 4 is 53.8 Å². The first-order valence-corrected chi connectivity index (χ1v) is 18.1. The number of benzene rings is 3. The van der Waals surface area contributed by atoms with Gasteiger partial charge in [-0.05, 0) is 72.7 Å². The molecule has 1 unspecified atom stereocenters.